The molecule has 1 unspecified atom stereocenters. The summed E-state index contributed by atoms with van der Waals surface area (Å²) in [6.45, 7) is 1.91. The average Bonchev–Trinajstić information content (AvgIpc) is 2.39. The summed E-state index contributed by atoms with van der Waals surface area (Å²) in [5.41, 5.74) is 0.640. The Kier molecular flexibility index (Phi) is 3.73. The first-order valence-corrected chi connectivity index (χ1v) is 5.67. The molecule has 3 nitrogen and oxygen atoms in total. The molecule has 1 aromatic heterocycles. The van der Waals surface area contributed by atoms with Gasteiger partial charge >= 0.3 is 0 Å². The zero-order chi connectivity index (χ0) is 12.1. The maximum absolute atomic E-state index is 9.70. The summed E-state index contributed by atoms with van der Waals surface area (Å²) in [5, 5.41) is 9.70. The normalized spacial score (nSPS) is 12.1. The van der Waals surface area contributed by atoms with Gasteiger partial charge in [-0.2, -0.15) is 0 Å². The number of nitrogens with zero attached hydrogens (tertiary/aromatic N) is 1. The molecule has 0 aliphatic rings. The van der Waals surface area contributed by atoms with Gasteiger partial charge in [-0.25, -0.2) is 4.98 Å². The SMILES string of the molecule is CCC(O)c1cccc(Oc2ccccc2)n1. The number of hydrogen-bond acceptors (Lipinski definition) is 3. The van der Waals surface area contributed by atoms with Gasteiger partial charge in [0, 0.05) is 6.07 Å². The number of aliphatic hydroxyl groups excluding tert-OH is 1. The van der Waals surface area contributed by atoms with Crippen molar-refractivity contribution in [3.05, 3.63) is 54.2 Å². The standard InChI is InChI=1S/C14H15NO2/c1-2-13(16)12-9-6-10-14(15-12)17-11-7-4-3-5-8-11/h3-10,13,16H,2H2,1H3. The second-order valence-electron chi connectivity index (χ2n) is 3.74. The lowest BCUT2D eigenvalue weighted by molar-refractivity contribution is 0.168. The van der Waals surface area contributed by atoms with E-state index >= 15 is 0 Å². The monoisotopic (exact) mass is 229 g/mol. The van der Waals surface area contributed by atoms with Crippen molar-refractivity contribution in [2.45, 2.75) is 19.4 Å². The van der Waals surface area contributed by atoms with Gasteiger partial charge in [0.15, 0.2) is 0 Å². The average molecular weight is 229 g/mol. The Bertz CT molecular complexity index is 471. The molecule has 0 aliphatic carbocycles. The fourth-order valence-corrected chi connectivity index (χ4v) is 1.49. The van der Waals surface area contributed by atoms with Crippen LogP contribution in [0.3, 0.4) is 0 Å². The maximum Gasteiger partial charge on any atom is 0.219 e. The van der Waals surface area contributed by atoms with Crippen molar-refractivity contribution < 1.29 is 9.84 Å². The lowest BCUT2D eigenvalue weighted by Crippen LogP contribution is -1.99. The van der Waals surface area contributed by atoms with E-state index < -0.39 is 6.10 Å². The minimum Gasteiger partial charge on any atom is -0.439 e. The van der Waals surface area contributed by atoms with E-state index in [4.69, 9.17) is 4.74 Å². The number of benzene rings is 1. The molecule has 17 heavy (non-hydrogen) atoms. The molecule has 0 aliphatic heterocycles. The van der Waals surface area contributed by atoms with Gasteiger partial charge in [-0.15, -0.1) is 0 Å². The van der Waals surface area contributed by atoms with Crippen LogP contribution in [-0.2, 0) is 0 Å². The Balaban J connectivity index is 2.17. The second kappa shape index (κ2) is 5.46. The second-order valence-corrected chi connectivity index (χ2v) is 3.74. The smallest absolute Gasteiger partial charge is 0.219 e. The van der Waals surface area contributed by atoms with Gasteiger partial charge in [-0.1, -0.05) is 31.2 Å². The number of ether oxygens (including phenoxy) is 1. The summed E-state index contributed by atoms with van der Waals surface area (Å²) < 4.78 is 5.59. The molecule has 0 saturated carbocycles. The van der Waals surface area contributed by atoms with Crippen LogP contribution in [0.2, 0.25) is 0 Å². The number of rotatable bonds is 4. The quantitative estimate of drug-likeness (QED) is 0.874. The summed E-state index contributed by atoms with van der Waals surface area (Å²) in [5.74, 6) is 1.24. The van der Waals surface area contributed by atoms with Crippen molar-refractivity contribution >= 4 is 0 Å². The molecule has 0 radical (unpaired) electrons. The van der Waals surface area contributed by atoms with Crippen molar-refractivity contribution in [2.75, 3.05) is 0 Å². The maximum atomic E-state index is 9.70. The van der Waals surface area contributed by atoms with Crippen molar-refractivity contribution in [2.24, 2.45) is 0 Å². The largest absolute Gasteiger partial charge is 0.439 e. The van der Waals surface area contributed by atoms with Crippen LogP contribution < -0.4 is 4.74 Å². The van der Waals surface area contributed by atoms with E-state index in [-0.39, 0.29) is 0 Å². The van der Waals surface area contributed by atoms with E-state index in [1.807, 2.05) is 43.3 Å². The zero-order valence-corrected chi connectivity index (χ0v) is 9.71. The Labute approximate surface area is 101 Å². The third kappa shape index (κ3) is 3.04. The van der Waals surface area contributed by atoms with Crippen LogP contribution in [0, 0.1) is 0 Å². The molecule has 0 spiro atoms. The number of hydrogen-bond donors (Lipinski definition) is 1. The lowest BCUT2D eigenvalue weighted by atomic mass is 10.2. The van der Waals surface area contributed by atoms with Gasteiger partial charge in [0.2, 0.25) is 5.88 Å². The van der Waals surface area contributed by atoms with Crippen LogP contribution in [-0.4, -0.2) is 10.1 Å². The van der Waals surface area contributed by atoms with Gasteiger partial charge in [-0.3, -0.25) is 0 Å². The van der Waals surface area contributed by atoms with Gasteiger partial charge in [-0.05, 0) is 24.6 Å². The highest BCUT2D eigenvalue weighted by Crippen LogP contribution is 2.21. The lowest BCUT2D eigenvalue weighted by Gasteiger charge is -2.09. The highest BCUT2D eigenvalue weighted by molar-refractivity contribution is 5.27. The van der Waals surface area contributed by atoms with E-state index in [2.05, 4.69) is 4.98 Å². The van der Waals surface area contributed by atoms with Crippen LogP contribution in [0.4, 0.5) is 0 Å². The fraction of sp³-hybridized carbons (Fsp3) is 0.214. The van der Waals surface area contributed by atoms with Crippen molar-refractivity contribution in [3.8, 4) is 11.6 Å². The highest BCUT2D eigenvalue weighted by atomic mass is 16.5. The number of para-hydroxylation sites is 1. The molecule has 1 N–H and O–H groups in total. The molecule has 0 saturated heterocycles. The summed E-state index contributed by atoms with van der Waals surface area (Å²) in [6, 6.07) is 14.9. The van der Waals surface area contributed by atoms with E-state index in [1.54, 1.807) is 12.1 Å². The van der Waals surface area contributed by atoms with Crippen molar-refractivity contribution in [3.63, 3.8) is 0 Å². The molecule has 0 fully saturated rings. The Morgan fingerprint density at radius 2 is 1.88 bits per heavy atom. The highest BCUT2D eigenvalue weighted by Gasteiger charge is 2.07. The summed E-state index contributed by atoms with van der Waals surface area (Å²) in [6.07, 6.45) is 0.108. The molecule has 1 aromatic carbocycles. The van der Waals surface area contributed by atoms with E-state index in [1.165, 1.54) is 0 Å². The van der Waals surface area contributed by atoms with E-state index in [0.29, 0.717) is 18.0 Å². The first kappa shape index (κ1) is 11.6. The molecular formula is C14H15NO2. The molecule has 3 heteroatoms. The Morgan fingerprint density at radius 3 is 2.59 bits per heavy atom. The van der Waals surface area contributed by atoms with Crippen LogP contribution >= 0.6 is 0 Å². The minimum absolute atomic E-state index is 0.501. The Hall–Kier alpha value is -1.87. The Morgan fingerprint density at radius 1 is 1.12 bits per heavy atom. The summed E-state index contributed by atoms with van der Waals surface area (Å²) >= 11 is 0. The zero-order valence-electron chi connectivity index (χ0n) is 9.71. The third-order valence-electron chi connectivity index (χ3n) is 2.44. The third-order valence-corrected chi connectivity index (χ3v) is 2.44. The van der Waals surface area contributed by atoms with Gasteiger partial charge in [0.25, 0.3) is 0 Å². The molecule has 0 bridgehead atoms. The summed E-state index contributed by atoms with van der Waals surface area (Å²) in [7, 11) is 0. The molecular weight excluding hydrogens is 214 g/mol. The summed E-state index contributed by atoms with van der Waals surface area (Å²) in [4.78, 5) is 4.27. The van der Waals surface area contributed by atoms with Gasteiger partial charge < -0.3 is 9.84 Å². The van der Waals surface area contributed by atoms with E-state index in [9.17, 15) is 5.11 Å². The number of aliphatic hydroxyl groups is 1. The van der Waals surface area contributed by atoms with Crippen molar-refractivity contribution in [1.82, 2.24) is 4.98 Å². The van der Waals surface area contributed by atoms with Crippen LogP contribution in [0.5, 0.6) is 11.6 Å². The number of pyridine rings is 1. The fourth-order valence-electron chi connectivity index (χ4n) is 1.49. The molecule has 0 amide bonds. The first-order valence-electron chi connectivity index (χ1n) is 5.67. The van der Waals surface area contributed by atoms with Gasteiger partial charge in [0.05, 0.1) is 11.8 Å². The van der Waals surface area contributed by atoms with Crippen LogP contribution in [0.15, 0.2) is 48.5 Å². The van der Waals surface area contributed by atoms with E-state index in [0.717, 1.165) is 5.75 Å². The number of aromatic nitrogens is 1. The molecule has 2 rings (SSSR count). The van der Waals surface area contributed by atoms with Crippen LogP contribution in [0.1, 0.15) is 25.1 Å². The van der Waals surface area contributed by atoms with Crippen LogP contribution in [0.25, 0.3) is 0 Å². The minimum atomic E-state index is -0.533. The topological polar surface area (TPSA) is 42.4 Å². The first-order chi connectivity index (χ1) is 8.29. The predicted molar refractivity (Wildman–Crippen MR) is 66.0 cm³/mol. The van der Waals surface area contributed by atoms with Gasteiger partial charge in [0.1, 0.15) is 5.75 Å². The molecule has 88 valence electrons. The molecule has 1 heterocycles. The molecule has 1 atom stereocenters. The van der Waals surface area contributed by atoms with Crippen molar-refractivity contribution in [1.29, 1.82) is 0 Å². The predicted octanol–water partition coefficient (Wildman–Crippen LogP) is 3.32. The molecule has 2 aromatic rings.